The molecule has 1 aromatic carbocycles. The Bertz CT molecular complexity index is 633. The van der Waals surface area contributed by atoms with E-state index in [1.807, 2.05) is 10.9 Å². The second kappa shape index (κ2) is 6.75. The number of anilines is 1. The summed E-state index contributed by atoms with van der Waals surface area (Å²) >= 11 is 0. The van der Waals surface area contributed by atoms with Crippen molar-refractivity contribution in [1.82, 2.24) is 15.1 Å². The quantitative estimate of drug-likeness (QED) is 0.917. The lowest BCUT2D eigenvalue weighted by atomic mass is 10.1. The second-order valence-electron chi connectivity index (χ2n) is 7.39. The number of nitrogens with zero attached hydrogens (tertiary/aromatic N) is 3. The first-order valence-electron chi connectivity index (χ1n) is 8.61. The molecule has 0 amide bonds. The highest BCUT2D eigenvalue weighted by Gasteiger charge is 2.16. The molecule has 1 aliphatic heterocycles. The average Bonchev–Trinajstić information content (AvgIpc) is 3.19. The van der Waals surface area contributed by atoms with Crippen LogP contribution in [0.15, 0.2) is 36.7 Å². The molecule has 2 heterocycles. The predicted octanol–water partition coefficient (Wildman–Crippen LogP) is 3.53. The fraction of sp³-hybridized carbons (Fsp3) is 0.526. The van der Waals surface area contributed by atoms with E-state index < -0.39 is 0 Å². The maximum absolute atomic E-state index is 4.46. The van der Waals surface area contributed by atoms with Crippen molar-refractivity contribution in [2.24, 2.45) is 0 Å². The molecule has 0 saturated carbocycles. The van der Waals surface area contributed by atoms with Gasteiger partial charge in [-0.15, -0.1) is 0 Å². The lowest BCUT2D eigenvalue weighted by Crippen LogP contribution is -2.22. The van der Waals surface area contributed by atoms with Crippen molar-refractivity contribution in [3.63, 3.8) is 0 Å². The van der Waals surface area contributed by atoms with Crippen LogP contribution in [0.25, 0.3) is 0 Å². The van der Waals surface area contributed by atoms with E-state index in [2.05, 4.69) is 66.5 Å². The summed E-state index contributed by atoms with van der Waals surface area (Å²) in [6.07, 6.45) is 6.73. The number of para-hydroxylation sites is 1. The smallest absolute Gasteiger partial charge is 0.0543 e. The highest BCUT2D eigenvalue weighted by molar-refractivity contribution is 5.54. The average molecular weight is 312 g/mol. The molecule has 1 N–H and O–H groups in total. The Balaban J connectivity index is 1.60. The molecule has 2 aromatic rings. The van der Waals surface area contributed by atoms with Crippen molar-refractivity contribution in [3.8, 4) is 0 Å². The summed E-state index contributed by atoms with van der Waals surface area (Å²) in [6, 6.07) is 8.76. The maximum atomic E-state index is 4.46. The van der Waals surface area contributed by atoms with Crippen molar-refractivity contribution >= 4 is 5.69 Å². The van der Waals surface area contributed by atoms with Crippen molar-refractivity contribution in [2.45, 2.75) is 52.2 Å². The topological polar surface area (TPSA) is 33.1 Å². The van der Waals surface area contributed by atoms with Crippen LogP contribution in [0.3, 0.4) is 0 Å². The van der Waals surface area contributed by atoms with Crippen molar-refractivity contribution in [3.05, 3.63) is 47.8 Å². The van der Waals surface area contributed by atoms with Gasteiger partial charge in [-0.1, -0.05) is 18.2 Å². The largest absolute Gasteiger partial charge is 0.371 e. The molecular weight excluding hydrogens is 284 g/mol. The Morgan fingerprint density at radius 1 is 1.09 bits per heavy atom. The monoisotopic (exact) mass is 312 g/mol. The van der Waals surface area contributed by atoms with Gasteiger partial charge in [-0.2, -0.15) is 5.10 Å². The Kier molecular flexibility index (Phi) is 4.71. The summed E-state index contributed by atoms with van der Waals surface area (Å²) in [5.74, 6) is 0. The van der Waals surface area contributed by atoms with E-state index in [0.29, 0.717) is 0 Å². The molecule has 0 bridgehead atoms. The number of benzene rings is 1. The van der Waals surface area contributed by atoms with Gasteiger partial charge in [0.05, 0.1) is 11.7 Å². The van der Waals surface area contributed by atoms with Crippen LogP contribution in [-0.4, -0.2) is 22.9 Å². The Morgan fingerprint density at radius 2 is 1.83 bits per heavy atom. The maximum Gasteiger partial charge on any atom is 0.0543 e. The minimum Gasteiger partial charge on any atom is -0.371 e. The van der Waals surface area contributed by atoms with E-state index in [1.165, 1.54) is 42.7 Å². The third kappa shape index (κ3) is 3.94. The molecule has 4 nitrogen and oxygen atoms in total. The normalized spacial score (nSPS) is 15.3. The standard InChI is InChI=1S/C19H28N4/c1-19(2,3)23-15-16(13-21-23)12-20-14-17-8-4-5-9-18(17)22-10-6-7-11-22/h4-5,8-9,13,15,20H,6-7,10-12,14H2,1-3H3. The van der Waals surface area contributed by atoms with Gasteiger partial charge in [-0.3, -0.25) is 4.68 Å². The fourth-order valence-electron chi connectivity index (χ4n) is 3.09. The molecule has 0 spiro atoms. The van der Waals surface area contributed by atoms with Gasteiger partial charge in [0, 0.05) is 43.6 Å². The van der Waals surface area contributed by atoms with Crippen molar-refractivity contribution in [2.75, 3.05) is 18.0 Å². The molecule has 0 aliphatic carbocycles. The molecule has 23 heavy (non-hydrogen) atoms. The fourth-order valence-corrected chi connectivity index (χ4v) is 3.09. The van der Waals surface area contributed by atoms with Crippen LogP contribution >= 0.6 is 0 Å². The molecule has 1 saturated heterocycles. The number of rotatable bonds is 5. The van der Waals surface area contributed by atoms with Crippen LogP contribution in [0.2, 0.25) is 0 Å². The number of nitrogens with one attached hydrogen (secondary N) is 1. The van der Waals surface area contributed by atoms with Gasteiger partial charge in [0.25, 0.3) is 0 Å². The van der Waals surface area contributed by atoms with Crippen LogP contribution in [0, 0.1) is 0 Å². The first kappa shape index (κ1) is 16.1. The molecule has 124 valence electrons. The zero-order valence-electron chi connectivity index (χ0n) is 14.5. The van der Waals surface area contributed by atoms with Crippen molar-refractivity contribution in [1.29, 1.82) is 0 Å². The van der Waals surface area contributed by atoms with E-state index in [9.17, 15) is 0 Å². The van der Waals surface area contributed by atoms with Crippen LogP contribution in [0.4, 0.5) is 5.69 Å². The zero-order chi connectivity index (χ0) is 16.3. The van der Waals surface area contributed by atoms with E-state index >= 15 is 0 Å². The van der Waals surface area contributed by atoms with Gasteiger partial charge < -0.3 is 10.2 Å². The van der Waals surface area contributed by atoms with Crippen LogP contribution in [0.5, 0.6) is 0 Å². The minimum atomic E-state index is 0.0423. The van der Waals surface area contributed by atoms with Crippen LogP contribution < -0.4 is 10.2 Å². The van der Waals surface area contributed by atoms with Gasteiger partial charge in [0.1, 0.15) is 0 Å². The lowest BCUT2D eigenvalue weighted by Gasteiger charge is -2.21. The Hall–Kier alpha value is -1.81. The summed E-state index contributed by atoms with van der Waals surface area (Å²) in [7, 11) is 0. The van der Waals surface area contributed by atoms with Crippen molar-refractivity contribution < 1.29 is 0 Å². The summed E-state index contributed by atoms with van der Waals surface area (Å²) in [4.78, 5) is 2.51. The highest BCUT2D eigenvalue weighted by Crippen LogP contribution is 2.24. The molecular formula is C19H28N4. The molecule has 1 aromatic heterocycles. The third-order valence-corrected chi connectivity index (χ3v) is 4.41. The SMILES string of the molecule is CC(C)(C)n1cc(CNCc2ccccc2N2CCCC2)cn1. The summed E-state index contributed by atoms with van der Waals surface area (Å²) in [5, 5.41) is 8.03. The summed E-state index contributed by atoms with van der Waals surface area (Å²) in [5.41, 5.74) is 4.06. The van der Waals surface area contributed by atoms with Crippen LogP contribution in [-0.2, 0) is 18.6 Å². The second-order valence-corrected chi connectivity index (χ2v) is 7.39. The van der Waals surface area contributed by atoms with E-state index in [-0.39, 0.29) is 5.54 Å². The molecule has 0 unspecified atom stereocenters. The number of aromatic nitrogens is 2. The highest BCUT2D eigenvalue weighted by atomic mass is 15.3. The van der Waals surface area contributed by atoms with E-state index in [4.69, 9.17) is 0 Å². The Morgan fingerprint density at radius 3 is 2.52 bits per heavy atom. The first-order valence-corrected chi connectivity index (χ1v) is 8.61. The predicted molar refractivity (Wildman–Crippen MR) is 95.7 cm³/mol. The Labute approximate surface area is 139 Å². The van der Waals surface area contributed by atoms with Gasteiger partial charge >= 0.3 is 0 Å². The molecule has 0 radical (unpaired) electrons. The first-order chi connectivity index (χ1) is 11.0. The van der Waals surface area contributed by atoms with Gasteiger partial charge in [-0.25, -0.2) is 0 Å². The molecule has 3 rings (SSSR count). The number of hydrogen-bond acceptors (Lipinski definition) is 3. The van der Waals surface area contributed by atoms with E-state index in [1.54, 1.807) is 0 Å². The third-order valence-electron chi connectivity index (χ3n) is 4.41. The summed E-state index contributed by atoms with van der Waals surface area (Å²) < 4.78 is 2.03. The molecule has 4 heteroatoms. The van der Waals surface area contributed by atoms with Gasteiger partial charge in [-0.05, 0) is 45.2 Å². The van der Waals surface area contributed by atoms with E-state index in [0.717, 1.165) is 13.1 Å². The minimum absolute atomic E-state index is 0.0423. The lowest BCUT2D eigenvalue weighted by molar-refractivity contribution is 0.355. The number of hydrogen-bond donors (Lipinski definition) is 1. The molecule has 1 aliphatic rings. The zero-order valence-corrected chi connectivity index (χ0v) is 14.5. The molecule has 0 atom stereocenters. The molecule has 1 fully saturated rings. The van der Waals surface area contributed by atoms with Crippen LogP contribution in [0.1, 0.15) is 44.7 Å². The van der Waals surface area contributed by atoms with Gasteiger partial charge in [0.15, 0.2) is 0 Å². The van der Waals surface area contributed by atoms with Gasteiger partial charge in [0.2, 0.25) is 0 Å². The summed E-state index contributed by atoms with van der Waals surface area (Å²) in [6.45, 7) is 10.6.